The van der Waals surface area contributed by atoms with E-state index < -0.39 is 0 Å². The Bertz CT molecular complexity index is 588. The third-order valence-electron chi connectivity index (χ3n) is 2.86. The maximum absolute atomic E-state index is 11.9. The molecule has 0 spiro atoms. The molecule has 5 nitrogen and oxygen atoms in total. The second-order valence-electron chi connectivity index (χ2n) is 4.03. The van der Waals surface area contributed by atoms with E-state index in [2.05, 4.69) is 15.3 Å². The number of hydrogen-bond donors (Lipinski definition) is 2. The number of aromatic amines is 1. The summed E-state index contributed by atoms with van der Waals surface area (Å²) in [4.78, 5) is 19.1. The SMILES string of the molecule is O=c1[nH]c([C@@H]2CNCCO2)nc2ccccc12. The van der Waals surface area contributed by atoms with Crippen molar-refractivity contribution in [2.45, 2.75) is 6.10 Å². The number of H-pyrrole nitrogens is 1. The first-order chi connectivity index (χ1) is 8.34. The first-order valence-electron chi connectivity index (χ1n) is 5.66. The van der Waals surface area contributed by atoms with Gasteiger partial charge in [0.05, 0.1) is 17.5 Å². The van der Waals surface area contributed by atoms with E-state index in [9.17, 15) is 4.79 Å². The lowest BCUT2D eigenvalue weighted by Gasteiger charge is -2.22. The van der Waals surface area contributed by atoms with E-state index in [0.717, 1.165) is 6.54 Å². The molecule has 0 amide bonds. The van der Waals surface area contributed by atoms with Gasteiger partial charge in [0.15, 0.2) is 0 Å². The number of morpholine rings is 1. The molecule has 1 atom stereocenters. The maximum atomic E-state index is 11.9. The molecule has 3 rings (SSSR count). The van der Waals surface area contributed by atoms with Crippen LogP contribution in [0.15, 0.2) is 29.1 Å². The second-order valence-corrected chi connectivity index (χ2v) is 4.03. The Morgan fingerprint density at radius 2 is 2.24 bits per heavy atom. The van der Waals surface area contributed by atoms with Gasteiger partial charge >= 0.3 is 0 Å². The summed E-state index contributed by atoms with van der Waals surface area (Å²) in [5, 5.41) is 3.82. The molecule has 1 fully saturated rings. The first kappa shape index (κ1) is 10.4. The molecule has 2 aromatic rings. The summed E-state index contributed by atoms with van der Waals surface area (Å²) in [7, 11) is 0. The quantitative estimate of drug-likeness (QED) is 0.753. The van der Waals surface area contributed by atoms with Crippen LogP contribution in [0.5, 0.6) is 0 Å². The Morgan fingerprint density at radius 3 is 3.06 bits per heavy atom. The van der Waals surface area contributed by atoms with Gasteiger partial charge in [0.25, 0.3) is 5.56 Å². The summed E-state index contributed by atoms with van der Waals surface area (Å²) in [5.74, 6) is 0.598. The van der Waals surface area contributed by atoms with Crippen molar-refractivity contribution in [3.05, 3.63) is 40.4 Å². The predicted octanol–water partition coefficient (Wildman–Crippen LogP) is 0.584. The fraction of sp³-hybridized carbons (Fsp3) is 0.333. The van der Waals surface area contributed by atoms with Crippen LogP contribution in [0.4, 0.5) is 0 Å². The zero-order valence-electron chi connectivity index (χ0n) is 9.27. The molecule has 2 heterocycles. The number of ether oxygens (including phenoxy) is 1. The smallest absolute Gasteiger partial charge is 0.258 e. The van der Waals surface area contributed by atoms with Gasteiger partial charge in [-0.3, -0.25) is 4.79 Å². The summed E-state index contributed by atoms with van der Waals surface area (Å²) in [6, 6.07) is 7.31. The highest BCUT2D eigenvalue weighted by Crippen LogP contribution is 2.15. The van der Waals surface area contributed by atoms with E-state index in [1.165, 1.54) is 0 Å². The summed E-state index contributed by atoms with van der Waals surface area (Å²) in [6.45, 7) is 2.16. The fourth-order valence-corrected chi connectivity index (χ4v) is 2.00. The topological polar surface area (TPSA) is 67.0 Å². The van der Waals surface area contributed by atoms with Gasteiger partial charge in [0.2, 0.25) is 0 Å². The molecule has 1 saturated heterocycles. The number of nitrogens with zero attached hydrogens (tertiary/aromatic N) is 1. The predicted molar refractivity (Wildman–Crippen MR) is 63.9 cm³/mol. The van der Waals surface area contributed by atoms with Gasteiger partial charge in [0, 0.05) is 13.1 Å². The van der Waals surface area contributed by atoms with Crippen molar-refractivity contribution in [1.82, 2.24) is 15.3 Å². The van der Waals surface area contributed by atoms with Crippen molar-refractivity contribution in [3.8, 4) is 0 Å². The van der Waals surface area contributed by atoms with Gasteiger partial charge in [0.1, 0.15) is 11.9 Å². The molecule has 17 heavy (non-hydrogen) atoms. The highest BCUT2D eigenvalue weighted by Gasteiger charge is 2.18. The molecule has 88 valence electrons. The molecule has 2 N–H and O–H groups in total. The van der Waals surface area contributed by atoms with Crippen molar-refractivity contribution in [1.29, 1.82) is 0 Å². The van der Waals surface area contributed by atoms with Crippen LogP contribution in [0.25, 0.3) is 10.9 Å². The Labute approximate surface area is 97.8 Å². The molecule has 0 unspecified atom stereocenters. The van der Waals surface area contributed by atoms with Gasteiger partial charge in [-0.25, -0.2) is 4.98 Å². The third kappa shape index (κ3) is 1.94. The second kappa shape index (κ2) is 4.27. The number of benzene rings is 1. The highest BCUT2D eigenvalue weighted by atomic mass is 16.5. The molecule has 1 aromatic carbocycles. The average Bonchev–Trinajstić information content (AvgIpc) is 2.40. The lowest BCUT2D eigenvalue weighted by molar-refractivity contribution is 0.0222. The van der Waals surface area contributed by atoms with Crippen molar-refractivity contribution >= 4 is 10.9 Å². The molecular weight excluding hydrogens is 218 g/mol. The van der Waals surface area contributed by atoms with Crippen molar-refractivity contribution < 1.29 is 4.74 Å². The largest absolute Gasteiger partial charge is 0.368 e. The van der Waals surface area contributed by atoms with E-state index in [1.54, 1.807) is 6.07 Å². The van der Waals surface area contributed by atoms with Crippen LogP contribution in [0, 0.1) is 0 Å². The standard InChI is InChI=1S/C12H13N3O2/c16-12-8-3-1-2-4-9(8)14-11(15-12)10-7-13-5-6-17-10/h1-4,10,13H,5-7H2,(H,14,15,16)/t10-/m0/s1. The molecule has 1 aliphatic rings. The van der Waals surface area contributed by atoms with Crippen molar-refractivity contribution in [2.24, 2.45) is 0 Å². The summed E-state index contributed by atoms with van der Waals surface area (Å²) < 4.78 is 5.57. The molecule has 5 heteroatoms. The third-order valence-corrected chi connectivity index (χ3v) is 2.86. The van der Waals surface area contributed by atoms with Crippen LogP contribution in [0.1, 0.15) is 11.9 Å². The molecule has 0 bridgehead atoms. The van der Waals surface area contributed by atoms with E-state index in [-0.39, 0.29) is 11.7 Å². The van der Waals surface area contributed by atoms with Crippen LogP contribution in [0.3, 0.4) is 0 Å². The van der Waals surface area contributed by atoms with E-state index in [1.807, 2.05) is 18.2 Å². The monoisotopic (exact) mass is 231 g/mol. The molecule has 0 radical (unpaired) electrons. The number of para-hydroxylation sites is 1. The Balaban J connectivity index is 2.08. The Morgan fingerprint density at radius 1 is 1.35 bits per heavy atom. The van der Waals surface area contributed by atoms with E-state index in [4.69, 9.17) is 4.74 Å². The molecule has 1 aliphatic heterocycles. The summed E-state index contributed by atoms with van der Waals surface area (Å²) in [5.41, 5.74) is 0.597. The lowest BCUT2D eigenvalue weighted by atomic mass is 10.2. The zero-order valence-corrected chi connectivity index (χ0v) is 9.27. The number of rotatable bonds is 1. The molecule has 1 aromatic heterocycles. The van der Waals surface area contributed by atoms with Gasteiger partial charge in [-0.05, 0) is 12.1 Å². The Hall–Kier alpha value is -1.72. The van der Waals surface area contributed by atoms with E-state index >= 15 is 0 Å². The normalized spacial score (nSPS) is 20.6. The molecular formula is C12H13N3O2. The van der Waals surface area contributed by atoms with Crippen LogP contribution in [-0.2, 0) is 4.74 Å². The van der Waals surface area contributed by atoms with Crippen molar-refractivity contribution in [2.75, 3.05) is 19.7 Å². The summed E-state index contributed by atoms with van der Waals surface area (Å²) >= 11 is 0. The molecule has 0 aliphatic carbocycles. The zero-order chi connectivity index (χ0) is 11.7. The number of hydrogen-bond acceptors (Lipinski definition) is 4. The number of aromatic nitrogens is 2. The minimum atomic E-state index is -0.166. The van der Waals surface area contributed by atoms with Crippen LogP contribution in [-0.4, -0.2) is 29.7 Å². The van der Waals surface area contributed by atoms with Crippen LogP contribution < -0.4 is 10.9 Å². The average molecular weight is 231 g/mol. The van der Waals surface area contributed by atoms with Crippen LogP contribution >= 0.6 is 0 Å². The van der Waals surface area contributed by atoms with Gasteiger partial charge in [-0.2, -0.15) is 0 Å². The minimum Gasteiger partial charge on any atom is -0.368 e. The van der Waals surface area contributed by atoms with Gasteiger partial charge in [-0.1, -0.05) is 12.1 Å². The highest BCUT2D eigenvalue weighted by molar-refractivity contribution is 5.77. The van der Waals surface area contributed by atoms with Crippen LogP contribution in [0.2, 0.25) is 0 Å². The maximum Gasteiger partial charge on any atom is 0.258 e. The Kier molecular flexibility index (Phi) is 2.62. The number of nitrogens with one attached hydrogen (secondary N) is 2. The molecule has 0 saturated carbocycles. The first-order valence-corrected chi connectivity index (χ1v) is 5.66. The van der Waals surface area contributed by atoms with E-state index in [0.29, 0.717) is 29.9 Å². The van der Waals surface area contributed by atoms with Gasteiger partial charge < -0.3 is 15.0 Å². The minimum absolute atomic E-state index is 0.111. The van der Waals surface area contributed by atoms with Crippen molar-refractivity contribution in [3.63, 3.8) is 0 Å². The fourth-order valence-electron chi connectivity index (χ4n) is 2.00. The summed E-state index contributed by atoms with van der Waals surface area (Å²) in [6.07, 6.45) is -0.166. The number of fused-ring (bicyclic) bond motifs is 1. The van der Waals surface area contributed by atoms with Gasteiger partial charge in [-0.15, -0.1) is 0 Å². The lowest BCUT2D eigenvalue weighted by Crippen LogP contribution is -2.35.